The topological polar surface area (TPSA) is 35.2 Å². The minimum atomic E-state index is 0.613. The molecule has 0 bridgehead atoms. The molecule has 2 aromatic rings. The first-order valence-corrected chi connectivity index (χ1v) is 6.43. The first-order chi connectivity index (χ1) is 8.66. The molecule has 3 heteroatoms. The van der Waals surface area contributed by atoms with E-state index in [2.05, 4.69) is 6.58 Å². The molecule has 0 fully saturated rings. The molecule has 0 aliphatic carbocycles. The number of benzene rings is 2. The van der Waals surface area contributed by atoms with Gasteiger partial charge in [-0.25, -0.2) is 0 Å². The lowest BCUT2D eigenvalue weighted by molar-refractivity contribution is 0.464. The maximum absolute atomic E-state index is 5.87. The van der Waals surface area contributed by atoms with Gasteiger partial charge in [-0.2, -0.15) is 0 Å². The lowest BCUT2D eigenvalue weighted by Gasteiger charge is -2.11. The van der Waals surface area contributed by atoms with E-state index in [0.29, 0.717) is 5.09 Å². The molecule has 0 aliphatic rings. The Morgan fingerprint density at radius 3 is 2.50 bits per heavy atom. The van der Waals surface area contributed by atoms with Gasteiger partial charge in [-0.3, -0.25) is 0 Å². The number of aryl methyl sites for hydroxylation is 1. The summed E-state index contributed by atoms with van der Waals surface area (Å²) in [7, 11) is 0. The van der Waals surface area contributed by atoms with Gasteiger partial charge >= 0.3 is 0 Å². The molecule has 0 amide bonds. The van der Waals surface area contributed by atoms with Gasteiger partial charge in [0.2, 0.25) is 0 Å². The van der Waals surface area contributed by atoms with Gasteiger partial charge in [-0.1, -0.05) is 42.1 Å². The number of hydrogen-bond donors (Lipinski definition) is 1. The van der Waals surface area contributed by atoms with Crippen molar-refractivity contribution >= 4 is 17.4 Å². The summed E-state index contributed by atoms with van der Waals surface area (Å²) in [5.74, 6) is 0.824. The zero-order chi connectivity index (χ0) is 13.0. The molecule has 0 aromatic heterocycles. The molecule has 2 rings (SSSR count). The number of ether oxygens (including phenoxy) is 1. The fourth-order valence-corrected chi connectivity index (χ4v) is 2.22. The van der Waals surface area contributed by atoms with Crippen LogP contribution in [0.5, 0.6) is 5.75 Å². The second kappa shape index (κ2) is 5.65. The molecule has 0 radical (unpaired) electrons. The largest absolute Gasteiger partial charge is 0.451 e. The Balaban J connectivity index is 2.06. The summed E-state index contributed by atoms with van der Waals surface area (Å²) in [5.41, 5.74) is 7.69. The van der Waals surface area contributed by atoms with Crippen LogP contribution in [0, 0.1) is 6.92 Å². The van der Waals surface area contributed by atoms with Gasteiger partial charge in [0.05, 0.1) is 0 Å². The van der Waals surface area contributed by atoms with E-state index in [-0.39, 0.29) is 0 Å². The summed E-state index contributed by atoms with van der Waals surface area (Å²) in [6.45, 7) is 5.92. The molecule has 0 unspecified atom stereocenters. The Morgan fingerprint density at radius 1 is 1.11 bits per heavy atom. The van der Waals surface area contributed by atoms with E-state index in [1.54, 1.807) is 0 Å². The van der Waals surface area contributed by atoms with Crippen molar-refractivity contribution in [3.63, 3.8) is 0 Å². The number of nitrogens with two attached hydrogens (primary N) is 1. The van der Waals surface area contributed by atoms with E-state index in [4.69, 9.17) is 10.5 Å². The van der Waals surface area contributed by atoms with E-state index in [0.717, 1.165) is 21.9 Å². The van der Waals surface area contributed by atoms with E-state index in [9.17, 15) is 0 Å². The summed E-state index contributed by atoms with van der Waals surface area (Å²) >= 11 is 1.43. The van der Waals surface area contributed by atoms with Crippen LogP contribution in [0.3, 0.4) is 0 Å². The fourth-order valence-electron chi connectivity index (χ4n) is 1.51. The average Bonchev–Trinajstić information content (AvgIpc) is 2.35. The van der Waals surface area contributed by atoms with Crippen molar-refractivity contribution in [2.45, 2.75) is 11.8 Å². The van der Waals surface area contributed by atoms with Crippen molar-refractivity contribution in [1.29, 1.82) is 0 Å². The van der Waals surface area contributed by atoms with Crippen molar-refractivity contribution in [2.24, 2.45) is 0 Å². The molecule has 2 nitrogen and oxygen atoms in total. The summed E-state index contributed by atoms with van der Waals surface area (Å²) in [4.78, 5) is 0.955. The number of para-hydroxylation sites is 2. The molecule has 0 heterocycles. The molecule has 0 atom stereocenters. The zero-order valence-electron chi connectivity index (χ0n) is 10.2. The summed E-state index contributed by atoms with van der Waals surface area (Å²) < 4.78 is 5.72. The Kier molecular flexibility index (Phi) is 3.95. The quantitative estimate of drug-likeness (QED) is 0.506. The average molecular weight is 257 g/mol. The van der Waals surface area contributed by atoms with Crippen LogP contribution in [-0.4, -0.2) is 0 Å². The molecule has 2 N–H and O–H groups in total. The van der Waals surface area contributed by atoms with Crippen molar-refractivity contribution in [1.82, 2.24) is 0 Å². The van der Waals surface area contributed by atoms with Crippen LogP contribution in [0.25, 0.3) is 0 Å². The van der Waals surface area contributed by atoms with E-state index < -0.39 is 0 Å². The lowest BCUT2D eigenvalue weighted by Crippen LogP contribution is -1.93. The molecular formula is C15H15NOS. The lowest BCUT2D eigenvalue weighted by atomic mass is 10.2. The van der Waals surface area contributed by atoms with Crippen LogP contribution in [0.15, 0.2) is 65.1 Å². The second-order valence-electron chi connectivity index (χ2n) is 3.88. The van der Waals surface area contributed by atoms with Crippen LogP contribution >= 0.6 is 11.8 Å². The van der Waals surface area contributed by atoms with Gasteiger partial charge in [0.15, 0.2) is 5.09 Å². The van der Waals surface area contributed by atoms with E-state index >= 15 is 0 Å². The number of hydrogen-bond acceptors (Lipinski definition) is 3. The maximum Gasteiger partial charge on any atom is 0.158 e. The maximum atomic E-state index is 5.87. The van der Waals surface area contributed by atoms with Crippen LogP contribution in [0.2, 0.25) is 0 Å². The van der Waals surface area contributed by atoms with Gasteiger partial charge in [-0.05, 0) is 37.3 Å². The predicted molar refractivity (Wildman–Crippen MR) is 77.7 cm³/mol. The first-order valence-electron chi connectivity index (χ1n) is 5.61. The van der Waals surface area contributed by atoms with Gasteiger partial charge < -0.3 is 10.5 Å². The van der Waals surface area contributed by atoms with Gasteiger partial charge in [0.1, 0.15) is 5.75 Å². The summed E-state index contributed by atoms with van der Waals surface area (Å²) in [6, 6.07) is 15.5. The van der Waals surface area contributed by atoms with Gasteiger partial charge in [0, 0.05) is 10.6 Å². The minimum absolute atomic E-state index is 0.613. The monoisotopic (exact) mass is 257 g/mol. The van der Waals surface area contributed by atoms with Crippen molar-refractivity contribution in [3.05, 3.63) is 65.8 Å². The van der Waals surface area contributed by atoms with Gasteiger partial charge in [0.25, 0.3) is 0 Å². The molecule has 0 saturated heterocycles. The minimum Gasteiger partial charge on any atom is -0.451 e. The smallest absolute Gasteiger partial charge is 0.158 e. The summed E-state index contributed by atoms with van der Waals surface area (Å²) in [6.07, 6.45) is 0. The normalized spacial score (nSPS) is 10.1. The number of anilines is 1. The van der Waals surface area contributed by atoms with Crippen LogP contribution in [0.1, 0.15) is 5.56 Å². The Hall–Kier alpha value is -1.87. The molecule has 0 aliphatic heterocycles. The highest BCUT2D eigenvalue weighted by Crippen LogP contribution is 2.32. The van der Waals surface area contributed by atoms with Crippen molar-refractivity contribution in [2.75, 3.05) is 5.73 Å². The highest BCUT2D eigenvalue weighted by Gasteiger charge is 2.05. The second-order valence-corrected chi connectivity index (χ2v) is 4.98. The molecule has 0 spiro atoms. The molecule has 0 saturated carbocycles. The zero-order valence-corrected chi connectivity index (χ0v) is 11.0. The molecule has 2 aromatic carbocycles. The van der Waals surface area contributed by atoms with Crippen molar-refractivity contribution < 1.29 is 4.74 Å². The molecule has 18 heavy (non-hydrogen) atoms. The summed E-state index contributed by atoms with van der Waals surface area (Å²) in [5, 5.41) is 0.613. The Morgan fingerprint density at radius 2 is 1.78 bits per heavy atom. The number of nitrogen functional groups attached to an aromatic ring is 1. The van der Waals surface area contributed by atoms with Crippen LogP contribution < -0.4 is 10.5 Å². The first kappa shape index (κ1) is 12.6. The van der Waals surface area contributed by atoms with Crippen molar-refractivity contribution in [3.8, 4) is 5.75 Å². The number of rotatable bonds is 4. The third kappa shape index (κ3) is 3.08. The predicted octanol–water partition coefficient (Wildman–Crippen LogP) is 4.22. The standard InChI is InChI=1S/C15H15NOS/c1-11-7-3-5-9-14(11)17-12(2)18-15-10-6-4-8-13(15)16/h3-10H,2,16H2,1H3. The van der Waals surface area contributed by atoms with E-state index in [1.807, 2.05) is 55.5 Å². The highest BCUT2D eigenvalue weighted by atomic mass is 32.2. The highest BCUT2D eigenvalue weighted by molar-refractivity contribution is 8.03. The van der Waals surface area contributed by atoms with Gasteiger partial charge in [-0.15, -0.1) is 0 Å². The van der Waals surface area contributed by atoms with Crippen LogP contribution in [0.4, 0.5) is 5.69 Å². The third-order valence-corrected chi connectivity index (χ3v) is 3.36. The SMILES string of the molecule is C=C(Oc1ccccc1C)Sc1ccccc1N. The third-order valence-electron chi connectivity index (χ3n) is 2.46. The van der Waals surface area contributed by atoms with E-state index in [1.165, 1.54) is 11.8 Å². The Bertz CT molecular complexity index is 516. The molecular weight excluding hydrogens is 242 g/mol. The molecule has 92 valence electrons. The fraction of sp³-hybridized carbons (Fsp3) is 0.0667. The Labute approximate surface area is 111 Å². The number of thioether (sulfide) groups is 1. The van der Waals surface area contributed by atoms with Crippen LogP contribution in [-0.2, 0) is 0 Å².